The molecule has 1 fully saturated rings. The Labute approximate surface area is 69.6 Å². The van der Waals surface area contributed by atoms with E-state index in [1.54, 1.807) is 0 Å². The van der Waals surface area contributed by atoms with Gasteiger partial charge in [-0.2, -0.15) is 5.26 Å². The maximum absolute atomic E-state index is 12.9. The van der Waals surface area contributed by atoms with E-state index in [-0.39, 0.29) is 6.42 Å². The lowest BCUT2D eigenvalue weighted by molar-refractivity contribution is -0.0127. The number of rotatable bonds is 0. The van der Waals surface area contributed by atoms with E-state index in [4.69, 9.17) is 16.9 Å². The summed E-state index contributed by atoms with van der Waals surface area (Å²) in [6.07, 6.45) is -0.123. The first-order chi connectivity index (χ1) is 5.11. The van der Waals surface area contributed by atoms with Crippen molar-refractivity contribution >= 4 is 11.6 Å². The first kappa shape index (κ1) is 8.76. The van der Waals surface area contributed by atoms with Gasteiger partial charge >= 0.3 is 0 Å². The summed E-state index contributed by atoms with van der Waals surface area (Å²) in [5.41, 5.74) is -1.96. The van der Waals surface area contributed by atoms with Crippen LogP contribution in [0.3, 0.4) is 0 Å². The summed E-state index contributed by atoms with van der Waals surface area (Å²) in [4.78, 5) is 0. The molecule has 0 aromatic heterocycles. The van der Waals surface area contributed by atoms with Gasteiger partial charge < -0.3 is 5.11 Å². The molecule has 11 heavy (non-hydrogen) atoms. The lowest BCUT2D eigenvalue weighted by Gasteiger charge is -2.33. The van der Waals surface area contributed by atoms with Gasteiger partial charge in [0.25, 0.3) is 0 Å². The topological polar surface area (TPSA) is 44.0 Å². The van der Waals surface area contributed by atoms with Crippen LogP contribution >= 0.6 is 11.6 Å². The van der Waals surface area contributed by atoms with Crippen LogP contribution in [0, 0.1) is 11.3 Å². The van der Waals surface area contributed by atoms with Gasteiger partial charge in [-0.1, -0.05) is 0 Å². The molecular formula is C7H9ClFNO. The van der Waals surface area contributed by atoms with Crippen molar-refractivity contribution in [1.29, 1.82) is 5.26 Å². The summed E-state index contributed by atoms with van der Waals surface area (Å²) in [6, 6.07) is 1.53. The van der Waals surface area contributed by atoms with Gasteiger partial charge in [0, 0.05) is 0 Å². The van der Waals surface area contributed by atoms with Crippen molar-refractivity contribution in [2.45, 2.75) is 36.4 Å². The number of halogens is 2. The highest BCUT2D eigenvalue weighted by Crippen LogP contribution is 2.34. The fourth-order valence-electron chi connectivity index (χ4n) is 1.25. The normalized spacial score (nSPS) is 44.9. The summed E-state index contributed by atoms with van der Waals surface area (Å²) >= 11 is 5.61. The number of hydrogen-bond acceptors (Lipinski definition) is 2. The molecular weight excluding hydrogens is 169 g/mol. The van der Waals surface area contributed by atoms with Crippen molar-refractivity contribution in [3.63, 3.8) is 0 Å². The van der Waals surface area contributed by atoms with Crippen molar-refractivity contribution < 1.29 is 9.50 Å². The van der Waals surface area contributed by atoms with Crippen molar-refractivity contribution in [3.8, 4) is 6.07 Å². The Kier molecular flexibility index (Phi) is 2.36. The predicted octanol–water partition coefficient (Wildman–Crippen LogP) is 1.37. The quantitative estimate of drug-likeness (QED) is 0.449. The number of nitriles is 1. The summed E-state index contributed by atoms with van der Waals surface area (Å²) in [6.45, 7) is 0. The van der Waals surface area contributed by atoms with Crippen LogP contribution in [0.1, 0.15) is 19.3 Å². The fraction of sp³-hybridized carbons (Fsp3) is 0.857. The number of nitrogens with zero attached hydrogens (tertiary/aromatic N) is 1. The highest BCUT2D eigenvalue weighted by Gasteiger charge is 2.46. The van der Waals surface area contributed by atoms with E-state index >= 15 is 0 Å². The van der Waals surface area contributed by atoms with Gasteiger partial charge in [-0.3, -0.25) is 0 Å². The maximum atomic E-state index is 12.9. The third-order valence-corrected chi connectivity index (χ3v) is 2.60. The number of hydrogen-bond donors (Lipinski definition) is 1. The van der Waals surface area contributed by atoms with Crippen LogP contribution in [-0.4, -0.2) is 22.3 Å². The highest BCUT2D eigenvalue weighted by atomic mass is 35.5. The summed E-state index contributed by atoms with van der Waals surface area (Å²) in [5, 5.41) is 17.0. The second-order valence-corrected chi connectivity index (χ2v) is 3.33. The second kappa shape index (κ2) is 2.96. The minimum absolute atomic E-state index is 0.229. The van der Waals surface area contributed by atoms with Crippen molar-refractivity contribution in [1.82, 2.24) is 0 Å². The van der Waals surface area contributed by atoms with Gasteiger partial charge in [0.05, 0.1) is 5.38 Å². The lowest BCUT2D eigenvalue weighted by Crippen LogP contribution is -2.49. The zero-order chi connectivity index (χ0) is 8.48. The van der Waals surface area contributed by atoms with Crippen LogP contribution in [0.15, 0.2) is 0 Å². The Balaban J connectivity index is 2.80. The molecule has 0 saturated heterocycles. The van der Waals surface area contributed by atoms with Crippen LogP contribution in [0.2, 0.25) is 0 Å². The molecule has 4 heteroatoms. The Morgan fingerprint density at radius 1 is 1.64 bits per heavy atom. The molecule has 2 nitrogen and oxygen atoms in total. The molecule has 1 aliphatic carbocycles. The fourth-order valence-corrected chi connectivity index (χ4v) is 1.59. The molecule has 0 spiro atoms. The minimum Gasteiger partial charge on any atom is -0.372 e. The Morgan fingerprint density at radius 2 is 2.27 bits per heavy atom. The summed E-state index contributed by atoms with van der Waals surface area (Å²) < 4.78 is 12.9. The van der Waals surface area contributed by atoms with E-state index in [9.17, 15) is 9.50 Å². The van der Waals surface area contributed by atoms with E-state index in [2.05, 4.69) is 0 Å². The Hall–Kier alpha value is -0.330. The number of aliphatic hydroxyl groups is 1. The maximum Gasteiger partial charge on any atom is 0.198 e. The minimum atomic E-state index is -1.96. The molecule has 0 heterocycles. The van der Waals surface area contributed by atoms with Crippen LogP contribution in [0.25, 0.3) is 0 Å². The average molecular weight is 178 g/mol. The third-order valence-electron chi connectivity index (χ3n) is 2.05. The van der Waals surface area contributed by atoms with Crippen molar-refractivity contribution in [2.75, 3.05) is 0 Å². The molecule has 1 aliphatic rings. The molecule has 0 amide bonds. The van der Waals surface area contributed by atoms with E-state index in [1.165, 1.54) is 6.07 Å². The van der Waals surface area contributed by atoms with E-state index in [0.29, 0.717) is 12.8 Å². The summed E-state index contributed by atoms with van der Waals surface area (Å²) in [5.74, 6) is 0. The second-order valence-electron chi connectivity index (χ2n) is 2.80. The Bertz CT molecular complexity index is 181. The van der Waals surface area contributed by atoms with Crippen molar-refractivity contribution in [2.24, 2.45) is 0 Å². The van der Waals surface area contributed by atoms with Gasteiger partial charge in [-0.25, -0.2) is 4.39 Å². The molecule has 0 aromatic carbocycles. The SMILES string of the molecule is N#CC1(O)C(F)CCCC1Cl. The molecule has 1 N–H and O–H groups in total. The van der Waals surface area contributed by atoms with E-state index in [0.717, 1.165) is 0 Å². The monoisotopic (exact) mass is 177 g/mol. The molecule has 3 atom stereocenters. The molecule has 0 aliphatic heterocycles. The molecule has 1 saturated carbocycles. The molecule has 3 unspecified atom stereocenters. The molecule has 0 aromatic rings. The van der Waals surface area contributed by atoms with Gasteiger partial charge in [0.15, 0.2) is 5.60 Å². The molecule has 0 bridgehead atoms. The standard InChI is InChI=1S/C7H9ClFNO/c8-5-2-1-3-6(9)7(5,11)4-10/h5-6,11H,1-3H2. The largest absolute Gasteiger partial charge is 0.372 e. The average Bonchev–Trinajstić information content (AvgIpc) is 2.00. The van der Waals surface area contributed by atoms with Crippen molar-refractivity contribution in [3.05, 3.63) is 0 Å². The highest BCUT2D eigenvalue weighted by molar-refractivity contribution is 6.21. The van der Waals surface area contributed by atoms with Gasteiger partial charge in [-0.05, 0) is 19.3 Å². The molecule has 0 radical (unpaired) electrons. The zero-order valence-corrected chi connectivity index (χ0v) is 6.68. The van der Waals surface area contributed by atoms with E-state index < -0.39 is 17.1 Å². The van der Waals surface area contributed by atoms with Gasteiger partial charge in [-0.15, -0.1) is 11.6 Å². The number of alkyl halides is 2. The first-order valence-corrected chi connectivity index (χ1v) is 3.96. The van der Waals surface area contributed by atoms with Crippen LogP contribution < -0.4 is 0 Å². The lowest BCUT2D eigenvalue weighted by atomic mass is 9.84. The van der Waals surface area contributed by atoms with E-state index in [1.807, 2.05) is 0 Å². The first-order valence-electron chi connectivity index (χ1n) is 3.53. The third kappa shape index (κ3) is 1.33. The molecule has 62 valence electrons. The zero-order valence-electron chi connectivity index (χ0n) is 5.93. The summed E-state index contributed by atoms with van der Waals surface area (Å²) in [7, 11) is 0. The van der Waals surface area contributed by atoms with Crippen LogP contribution in [0.5, 0.6) is 0 Å². The molecule has 1 rings (SSSR count). The van der Waals surface area contributed by atoms with Gasteiger partial charge in [0.1, 0.15) is 12.2 Å². The smallest absolute Gasteiger partial charge is 0.198 e. The Morgan fingerprint density at radius 3 is 2.64 bits per heavy atom. The van der Waals surface area contributed by atoms with Gasteiger partial charge in [0.2, 0.25) is 0 Å². The predicted molar refractivity (Wildman–Crippen MR) is 39.0 cm³/mol. The van der Waals surface area contributed by atoms with Crippen LogP contribution in [-0.2, 0) is 0 Å². The van der Waals surface area contributed by atoms with Crippen LogP contribution in [0.4, 0.5) is 4.39 Å².